The van der Waals surface area contributed by atoms with Gasteiger partial charge < -0.3 is 10.4 Å². The molecule has 0 fully saturated rings. The molecule has 0 saturated carbocycles. The van der Waals surface area contributed by atoms with Crippen LogP contribution in [0.2, 0.25) is 0 Å². The van der Waals surface area contributed by atoms with Crippen molar-refractivity contribution in [2.75, 3.05) is 0 Å². The molecular formula is C11H12N2O3S. The lowest BCUT2D eigenvalue weighted by Crippen LogP contribution is -2.28. The van der Waals surface area contributed by atoms with E-state index < -0.39 is 5.97 Å². The van der Waals surface area contributed by atoms with E-state index in [1.165, 1.54) is 16.7 Å². The first-order valence-corrected chi connectivity index (χ1v) is 6.15. The van der Waals surface area contributed by atoms with Crippen molar-refractivity contribution in [3.63, 3.8) is 0 Å². The molecule has 1 aromatic rings. The van der Waals surface area contributed by atoms with Crippen molar-refractivity contribution in [2.45, 2.75) is 19.4 Å². The van der Waals surface area contributed by atoms with Gasteiger partial charge in [-0.1, -0.05) is 12.2 Å². The second kappa shape index (κ2) is 5.09. The zero-order chi connectivity index (χ0) is 12.3. The van der Waals surface area contributed by atoms with Gasteiger partial charge in [0.05, 0.1) is 6.54 Å². The first-order chi connectivity index (χ1) is 8.16. The molecule has 2 N–H and O–H groups in total. The van der Waals surface area contributed by atoms with Gasteiger partial charge in [0.15, 0.2) is 5.69 Å². The monoisotopic (exact) mass is 252 g/mol. The van der Waals surface area contributed by atoms with E-state index in [4.69, 9.17) is 5.11 Å². The molecule has 6 heteroatoms. The number of carbonyl (C=O) groups excluding carboxylic acids is 1. The summed E-state index contributed by atoms with van der Waals surface area (Å²) in [5.41, 5.74) is 0.0294. The number of hydrogen-bond donors (Lipinski definition) is 2. The van der Waals surface area contributed by atoms with E-state index in [0.29, 0.717) is 11.6 Å². The summed E-state index contributed by atoms with van der Waals surface area (Å²) in [6.45, 7) is 0.299. The molecule has 0 unspecified atom stereocenters. The SMILES string of the molecule is O=C(O)c1csc(CNC(=O)C2CC=CC2)n1. The normalized spacial score (nSPS) is 15.1. The van der Waals surface area contributed by atoms with Crippen LogP contribution in [-0.2, 0) is 11.3 Å². The summed E-state index contributed by atoms with van der Waals surface area (Å²) in [6, 6.07) is 0. The Kier molecular flexibility index (Phi) is 3.53. The van der Waals surface area contributed by atoms with E-state index in [1.807, 2.05) is 12.2 Å². The highest BCUT2D eigenvalue weighted by Crippen LogP contribution is 2.18. The molecule has 17 heavy (non-hydrogen) atoms. The van der Waals surface area contributed by atoms with E-state index in [2.05, 4.69) is 10.3 Å². The van der Waals surface area contributed by atoms with Gasteiger partial charge in [0, 0.05) is 11.3 Å². The molecule has 90 valence electrons. The van der Waals surface area contributed by atoms with Gasteiger partial charge in [-0.2, -0.15) is 0 Å². The third-order valence-corrected chi connectivity index (χ3v) is 3.41. The summed E-state index contributed by atoms with van der Waals surface area (Å²) in [6.07, 6.45) is 5.56. The fourth-order valence-electron chi connectivity index (χ4n) is 1.63. The topological polar surface area (TPSA) is 79.3 Å². The number of aromatic carboxylic acids is 1. The molecule has 0 spiro atoms. The molecule has 0 aromatic carbocycles. The number of amides is 1. The van der Waals surface area contributed by atoms with Crippen LogP contribution in [0.15, 0.2) is 17.5 Å². The van der Waals surface area contributed by atoms with Crippen LogP contribution in [0.4, 0.5) is 0 Å². The highest BCUT2D eigenvalue weighted by Gasteiger charge is 2.19. The van der Waals surface area contributed by atoms with Gasteiger partial charge in [-0.25, -0.2) is 9.78 Å². The highest BCUT2D eigenvalue weighted by molar-refractivity contribution is 7.09. The van der Waals surface area contributed by atoms with Crippen molar-refractivity contribution in [3.8, 4) is 0 Å². The Hall–Kier alpha value is -1.69. The molecule has 2 rings (SSSR count). The average Bonchev–Trinajstić information content (AvgIpc) is 2.97. The first-order valence-electron chi connectivity index (χ1n) is 5.27. The minimum atomic E-state index is -1.04. The summed E-state index contributed by atoms with van der Waals surface area (Å²) < 4.78 is 0. The van der Waals surface area contributed by atoms with E-state index >= 15 is 0 Å². The maximum absolute atomic E-state index is 11.7. The lowest BCUT2D eigenvalue weighted by molar-refractivity contribution is -0.124. The lowest BCUT2D eigenvalue weighted by Gasteiger charge is -2.08. The number of rotatable bonds is 4. The predicted molar refractivity (Wildman–Crippen MR) is 62.8 cm³/mol. The molecule has 5 nitrogen and oxygen atoms in total. The Morgan fingerprint density at radius 2 is 2.18 bits per heavy atom. The molecule has 0 saturated heterocycles. The third kappa shape index (κ3) is 2.91. The summed E-state index contributed by atoms with van der Waals surface area (Å²) in [7, 11) is 0. The van der Waals surface area contributed by atoms with E-state index in [9.17, 15) is 9.59 Å². The Bertz CT molecular complexity index is 459. The Labute approximate surface area is 102 Å². The van der Waals surface area contributed by atoms with Crippen LogP contribution in [0, 0.1) is 5.92 Å². The van der Waals surface area contributed by atoms with E-state index in [1.54, 1.807) is 0 Å². The smallest absolute Gasteiger partial charge is 0.355 e. The molecule has 0 radical (unpaired) electrons. The van der Waals surface area contributed by atoms with Gasteiger partial charge in [-0.05, 0) is 12.8 Å². The summed E-state index contributed by atoms with van der Waals surface area (Å²) in [5.74, 6) is -1.02. The van der Waals surface area contributed by atoms with Crippen LogP contribution in [-0.4, -0.2) is 22.0 Å². The van der Waals surface area contributed by atoms with E-state index in [-0.39, 0.29) is 17.5 Å². The second-order valence-electron chi connectivity index (χ2n) is 3.79. The van der Waals surface area contributed by atoms with Gasteiger partial charge >= 0.3 is 5.97 Å². The summed E-state index contributed by atoms with van der Waals surface area (Å²) >= 11 is 1.24. The van der Waals surface area contributed by atoms with Crippen molar-refractivity contribution in [2.24, 2.45) is 5.92 Å². The van der Waals surface area contributed by atoms with Gasteiger partial charge in [-0.3, -0.25) is 4.79 Å². The molecular weight excluding hydrogens is 240 g/mol. The number of carbonyl (C=O) groups is 2. The number of allylic oxidation sites excluding steroid dienone is 2. The van der Waals surface area contributed by atoms with Crippen molar-refractivity contribution in [1.82, 2.24) is 10.3 Å². The second-order valence-corrected chi connectivity index (χ2v) is 4.73. The largest absolute Gasteiger partial charge is 0.476 e. The van der Waals surface area contributed by atoms with Crippen molar-refractivity contribution < 1.29 is 14.7 Å². The van der Waals surface area contributed by atoms with Crippen LogP contribution in [0.3, 0.4) is 0 Å². The van der Waals surface area contributed by atoms with Crippen molar-refractivity contribution in [3.05, 3.63) is 28.2 Å². The number of nitrogens with zero attached hydrogens (tertiary/aromatic N) is 1. The molecule has 0 aliphatic heterocycles. The maximum atomic E-state index is 11.7. The molecule has 0 bridgehead atoms. The Balaban J connectivity index is 1.84. The minimum Gasteiger partial charge on any atom is -0.476 e. The van der Waals surface area contributed by atoms with Crippen molar-refractivity contribution >= 4 is 23.2 Å². The molecule has 1 aliphatic rings. The maximum Gasteiger partial charge on any atom is 0.355 e. The highest BCUT2D eigenvalue weighted by atomic mass is 32.1. The van der Waals surface area contributed by atoms with E-state index in [0.717, 1.165) is 12.8 Å². The van der Waals surface area contributed by atoms with Gasteiger partial charge in [0.25, 0.3) is 0 Å². The first kappa shape index (κ1) is 11.8. The van der Waals surface area contributed by atoms with Gasteiger partial charge in [0.1, 0.15) is 5.01 Å². The standard InChI is InChI=1S/C11H12N2O3S/c14-10(7-3-1-2-4-7)12-5-9-13-8(6-17-9)11(15)16/h1-2,6-7H,3-5H2,(H,12,14)(H,15,16). The Morgan fingerprint density at radius 3 is 2.76 bits per heavy atom. The van der Waals surface area contributed by atoms with Gasteiger partial charge in [-0.15, -0.1) is 11.3 Å². The molecule has 1 amide bonds. The van der Waals surface area contributed by atoms with Crippen LogP contribution < -0.4 is 5.32 Å². The number of carboxylic acids is 1. The number of thiazole rings is 1. The zero-order valence-corrected chi connectivity index (χ0v) is 9.87. The van der Waals surface area contributed by atoms with Gasteiger partial charge in [0.2, 0.25) is 5.91 Å². The zero-order valence-electron chi connectivity index (χ0n) is 9.05. The summed E-state index contributed by atoms with van der Waals surface area (Å²) in [4.78, 5) is 26.2. The number of hydrogen-bond acceptors (Lipinski definition) is 4. The third-order valence-electron chi connectivity index (χ3n) is 2.56. The van der Waals surface area contributed by atoms with Crippen LogP contribution in [0.1, 0.15) is 28.3 Å². The predicted octanol–water partition coefficient (Wildman–Crippen LogP) is 1.42. The molecule has 0 atom stereocenters. The van der Waals surface area contributed by atoms with Crippen LogP contribution in [0.25, 0.3) is 0 Å². The molecule has 1 heterocycles. The van der Waals surface area contributed by atoms with Crippen LogP contribution in [0.5, 0.6) is 0 Å². The molecule has 1 aliphatic carbocycles. The fourth-order valence-corrected chi connectivity index (χ4v) is 2.34. The quantitative estimate of drug-likeness (QED) is 0.794. The van der Waals surface area contributed by atoms with Crippen LogP contribution >= 0.6 is 11.3 Å². The number of carboxylic acid groups (broad SMARTS) is 1. The summed E-state index contributed by atoms with van der Waals surface area (Å²) in [5, 5.41) is 13.6. The Morgan fingerprint density at radius 1 is 1.47 bits per heavy atom. The lowest BCUT2D eigenvalue weighted by atomic mass is 10.1. The fraction of sp³-hybridized carbons (Fsp3) is 0.364. The average molecular weight is 252 g/mol. The number of nitrogens with one attached hydrogen (secondary N) is 1. The number of aromatic nitrogens is 1. The molecule has 1 aromatic heterocycles. The van der Waals surface area contributed by atoms with Crippen molar-refractivity contribution in [1.29, 1.82) is 0 Å². The minimum absolute atomic E-state index is 0.00192.